The number of aliphatic hydroxyl groups is 1. The van der Waals surface area contributed by atoms with Crippen molar-refractivity contribution in [2.75, 3.05) is 0 Å². The van der Waals surface area contributed by atoms with Crippen LogP contribution in [0.4, 0.5) is 13.2 Å². The van der Waals surface area contributed by atoms with Crippen LogP contribution in [0.25, 0.3) is 17.2 Å². The second-order valence-electron chi connectivity index (χ2n) is 7.22. The summed E-state index contributed by atoms with van der Waals surface area (Å²) in [5.74, 6) is -1.38. The number of pyridine rings is 1. The summed E-state index contributed by atoms with van der Waals surface area (Å²) < 4.78 is 41.6. The Kier molecular flexibility index (Phi) is 6.41. The Balaban J connectivity index is 1.71. The van der Waals surface area contributed by atoms with E-state index in [1.807, 2.05) is 0 Å². The van der Waals surface area contributed by atoms with Gasteiger partial charge in [-0.2, -0.15) is 13.2 Å². The standard InChI is InChI=1S/C20H15ClF3N7O4/c21-12-5-3-11(4-6-12)16-28-30(19(35)29(16)8-14(32)20(22,23)24)9-15-26-10-31(27-15)17-13(18(33)34)2-1-7-25-17/h1-7,10,14,32H,8-9H2,(H,33,34)/t14-/m0/s1. The van der Waals surface area contributed by atoms with Crippen LogP contribution in [0.15, 0.2) is 53.7 Å². The zero-order chi connectivity index (χ0) is 25.3. The zero-order valence-corrected chi connectivity index (χ0v) is 18.2. The van der Waals surface area contributed by atoms with Crippen LogP contribution in [0.1, 0.15) is 16.2 Å². The van der Waals surface area contributed by atoms with E-state index in [2.05, 4.69) is 20.2 Å². The van der Waals surface area contributed by atoms with Gasteiger partial charge >= 0.3 is 17.8 Å². The molecule has 0 amide bonds. The van der Waals surface area contributed by atoms with Crippen LogP contribution in [-0.4, -0.2) is 62.6 Å². The number of hydrogen-bond donors (Lipinski definition) is 2. The molecule has 0 aliphatic heterocycles. The van der Waals surface area contributed by atoms with Crippen LogP contribution >= 0.6 is 11.6 Å². The summed E-state index contributed by atoms with van der Waals surface area (Å²) in [6, 6.07) is 8.63. The van der Waals surface area contributed by atoms with Crippen LogP contribution < -0.4 is 5.69 Å². The number of aromatic nitrogens is 7. The fraction of sp³-hybridized carbons (Fsp3) is 0.200. The van der Waals surface area contributed by atoms with Crippen LogP contribution in [-0.2, 0) is 13.1 Å². The maximum absolute atomic E-state index is 13.0. The SMILES string of the molecule is O=C(O)c1cccnc1-n1cnc(Cn2nc(-c3ccc(Cl)cc3)n(C[C@H](O)C(F)(F)F)c2=O)n1. The Morgan fingerprint density at radius 2 is 1.83 bits per heavy atom. The van der Waals surface area contributed by atoms with E-state index in [9.17, 15) is 33.0 Å². The van der Waals surface area contributed by atoms with Gasteiger partial charge in [-0.05, 0) is 36.4 Å². The summed E-state index contributed by atoms with van der Waals surface area (Å²) in [6.45, 7) is -1.44. The van der Waals surface area contributed by atoms with Gasteiger partial charge in [0.25, 0.3) is 0 Å². The molecule has 0 aliphatic rings. The molecule has 182 valence electrons. The van der Waals surface area contributed by atoms with Gasteiger partial charge in [-0.3, -0.25) is 4.57 Å². The molecule has 0 radical (unpaired) electrons. The third kappa shape index (κ3) is 5.07. The molecule has 0 fully saturated rings. The van der Waals surface area contributed by atoms with Crippen LogP contribution in [0.3, 0.4) is 0 Å². The van der Waals surface area contributed by atoms with E-state index in [0.29, 0.717) is 9.59 Å². The fourth-order valence-corrected chi connectivity index (χ4v) is 3.28. The highest BCUT2D eigenvalue weighted by molar-refractivity contribution is 6.30. The molecule has 0 unspecified atom stereocenters. The Bertz CT molecular complexity index is 1430. The Hall–Kier alpha value is -4.04. The number of alkyl halides is 3. The number of rotatable bonds is 7. The van der Waals surface area contributed by atoms with Gasteiger partial charge < -0.3 is 10.2 Å². The number of benzene rings is 1. The van der Waals surface area contributed by atoms with Crippen molar-refractivity contribution in [2.45, 2.75) is 25.4 Å². The minimum absolute atomic E-state index is 0.0118. The van der Waals surface area contributed by atoms with E-state index in [1.54, 1.807) is 0 Å². The Morgan fingerprint density at radius 3 is 2.49 bits per heavy atom. The first kappa shape index (κ1) is 24.1. The highest BCUT2D eigenvalue weighted by Crippen LogP contribution is 2.24. The summed E-state index contributed by atoms with van der Waals surface area (Å²) >= 11 is 5.87. The summed E-state index contributed by atoms with van der Waals surface area (Å²) in [5, 5.41) is 27.5. The molecule has 4 aromatic rings. The maximum Gasteiger partial charge on any atom is 0.416 e. The second kappa shape index (κ2) is 9.31. The predicted molar refractivity (Wildman–Crippen MR) is 114 cm³/mol. The topological polar surface area (TPSA) is 141 Å². The molecule has 1 atom stereocenters. The number of hydrogen-bond acceptors (Lipinski definition) is 7. The van der Waals surface area contributed by atoms with Gasteiger partial charge in [0, 0.05) is 16.8 Å². The number of carboxylic acid groups (broad SMARTS) is 1. The van der Waals surface area contributed by atoms with E-state index in [4.69, 9.17) is 11.6 Å². The molecule has 0 spiro atoms. The van der Waals surface area contributed by atoms with Crippen LogP contribution in [0.2, 0.25) is 5.02 Å². The average molecular weight is 510 g/mol. The third-order valence-corrected chi connectivity index (χ3v) is 5.08. The molecule has 3 aromatic heterocycles. The van der Waals surface area contributed by atoms with Crippen molar-refractivity contribution in [1.82, 2.24) is 34.1 Å². The lowest BCUT2D eigenvalue weighted by Crippen LogP contribution is -2.37. The van der Waals surface area contributed by atoms with E-state index in [-0.39, 0.29) is 35.1 Å². The number of carbonyl (C=O) groups is 1. The van der Waals surface area contributed by atoms with E-state index in [1.165, 1.54) is 48.9 Å². The molecule has 1 aromatic carbocycles. The number of carboxylic acids is 1. The Labute approximate surface area is 198 Å². The smallest absolute Gasteiger partial charge is 0.416 e. The van der Waals surface area contributed by atoms with Crippen LogP contribution in [0, 0.1) is 0 Å². The monoisotopic (exact) mass is 509 g/mol. The molecule has 15 heteroatoms. The zero-order valence-electron chi connectivity index (χ0n) is 17.5. The molecule has 0 aliphatic carbocycles. The molecule has 11 nitrogen and oxygen atoms in total. The number of halogens is 4. The quantitative estimate of drug-likeness (QED) is 0.385. The molecule has 0 bridgehead atoms. The van der Waals surface area contributed by atoms with Gasteiger partial charge in [0.05, 0.1) is 6.54 Å². The van der Waals surface area contributed by atoms with Gasteiger partial charge in [-0.15, -0.1) is 10.2 Å². The highest BCUT2D eigenvalue weighted by atomic mass is 35.5. The van der Waals surface area contributed by atoms with Crippen molar-refractivity contribution >= 4 is 17.6 Å². The van der Waals surface area contributed by atoms with Gasteiger partial charge in [-0.1, -0.05) is 11.6 Å². The highest BCUT2D eigenvalue weighted by Gasteiger charge is 2.39. The lowest BCUT2D eigenvalue weighted by atomic mass is 10.2. The number of aromatic carboxylic acids is 1. The van der Waals surface area contributed by atoms with Crippen molar-refractivity contribution < 1.29 is 28.2 Å². The first-order valence-electron chi connectivity index (χ1n) is 9.82. The molecule has 0 saturated heterocycles. The number of nitrogens with zero attached hydrogens (tertiary/aromatic N) is 7. The van der Waals surface area contributed by atoms with E-state index < -0.39 is 30.5 Å². The van der Waals surface area contributed by atoms with E-state index in [0.717, 1.165) is 9.36 Å². The molecular formula is C20H15ClF3N7O4. The molecule has 2 N–H and O–H groups in total. The van der Waals surface area contributed by atoms with Crippen molar-refractivity contribution in [1.29, 1.82) is 0 Å². The van der Waals surface area contributed by atoms with Crippen molar-refractivity contribution in [2.24, 2.45) is 0 Å². The first-order chi connectivity index (χ1) is 16.5. The van der Waals surface area contributed by atoms with Gasteiger partial charge in [0.2, 0.25) is 0 Å². The second-order valence-corrected chi connectivity index (χ2v) is 7.66. The third-order valence-electron chi connectivity index (χ3n) is 4.82. The average Bonchev–Trinajstić information content (AvgIpc) is 3.39. The summed E-state index contributed by atoms with van der Waals surface area (Å²) in [7, 11) is 0. The number of aliphatic hydroxyl groups excluding tert-OH is 1. The van der Waals surface area contributed by atoms with Crippen molar-refractivity contribution in [3.63, 3.8) is 0 Å². The van der Waals surface area contributed by atoms with Gasteiger partial charge in [-0.25, -0.2) is 28.9 Å². The molecule has 4 rings (SSSR count). The van der Waals surface area contributed by atoms with Crippen molar-refractivity contribution in [3.05, 3.63) is 75.8 Å². The normalized spacial score (nSPS) is 12.6. The van der Waals surface area contributed by atoms with E-state index >= 15 is 0 Å². The molecule has 35 heavy (non-hydrogen) atoms. The molecular weight excluding hydrogens is 495 g/mol. The largest absolute Gasteiger partial charge is 0.478 e. The lowest BCUT2D eigenvalue weighted by Gasteiger charge is -2.15. The summed E-state index contributed by atoms with van der Waals surface area (Å²) in [5.41, 5.74) is -0.798. The van der Waals surface area contributed by atoms with Crippen molar-refractivity contribution in [3.8, 4) is 17.2 Å². The minimum Gasteiger partial charge on any atom is -0.478 e. The maximum atomic E-state index is 13.0. The fourth-order valence-electron chi connectivity index (χ4n) is 3.15. The van der Waals surface area contributed by atoms with Gasteiger partial charge in [0.1, 0.15) is 18.4 Å². The Morgan fingerprint density at radius 1 is 1.11 bits per heavy atom. The lowest BCUT2D eigenvalue weighted by molar-refractivity contribution is -0.207. The molecule has 0 saturated carbocycles. The summed E-state index contributed by atoms with van der Waals surface area (Å²) in [6.07, 6.45) is -5.22. The predicted octanol–water partition coefficient (Wildman–Crippen LogP) is 2.01. The minimum atomic E-state index is -4.95. The first-order valence-corrected chi connectivity index (χ1v) is 10.2. The van der Waals surface area contributed by atoms with Gasteiger partial charge in [0.15, 0.2) is 23.6 Å². The summed E-state index contributed by atoms with van der Waals surface area (Å²) in [4.78, 5) is 32.3. The van der Waals surface area contributed by atoms with Crippen LogP contribution in [0.5, 0.6) is 0 Å². The molecule has 3 heterocycles.